The smallest absolute Gasteiger partial charge is 0.330 e. The van der Waals surface area contributed by atoms with Crippen LogP contribution in [0.2, 0.25) is 0 Å². The summed E-state index contributed by atoms with van der Waals surface area (Å²) in [5.41, 5.74) is 5.53. The fraction of sp³-hybridized carbons (Fsp3) is 0.429. The van der Waals surface area contributed by atoms with Gasteiger partial charge in [0, 0.05) is 0 Å². The van der Waals surface area contributed by atoms with Crippen molar-refractivity contribution in [3.8, 4) is 0 Å². The molecular formula is C7H11N3O2. The number of methoxy groups -OCH3 is 1. The largest absolute Gasteiger partial charge is 0.467 e. The number of anilines is 1. The molecule has 0 radical (unpaired) electrons. The maximum atomic E-state index is 11.0. The van der Waals surface area contributed by atoms with Crippen LogP contribution in [0.1, 0.15) is 13.0 Å². The second kappa shape index (κ2) is 3.25. The van der Waals surface area contributed by atoms with Gasteiger partial charge in [0.05, 0.1) is 13.3 Å². The summed E-state index contributed by atoms with van der Waals surface area (Å²) in [6.45, 7) is 1.68. The average molecular weight is 169 g/mol. The lowest BCUT2D eigenvalue weighted by Crippen LogP contribution is -2.20. The van der Waals surface area contributed by atoms with Gasteiger partial charge in [0.2, 0.25) is 0 Å². The molecule has 0 amide bonds. The van der Waals surface area contributed by atoms with Crippen molar-refractivity contribution < 1.29 is 9.53 Å². The third kappa shape index (κ3) is 1.39. The second-order valence-electron chi connectivity index (χ2n) is 2.40. The molecule has 0 saturated carbocycles. The molecule has 5 nitrogen and oxygen atoms in total. The van der Waals surface area contributed by atoms with Gasteiger partial charge in [-0.05, 0) is 13.0 Å². The van der Waals surface area contributed by atoms with E-state index in [1.807, 2.05) is 0 Å². The quantitative estimate of drug-likeness (QED) is 0.642. The standard InChI is InChI=1S/C7H11N3O2/c1-5(7(11)12-2)10-6(8)3-4-9-10/h3-5H,8H2,1-2H3/t5-/m0/s1. The van der Waals surface area contributed by atoms with Gasteiger partial charge < -0.3 is 10.5 Å². The first-order valence-electron chi connectivity index (χ1n) is 3.53. The van der Waals surface area contributed by atoms with E-state index in [0.29, 0.717) is 5.82 Å². The molecule has 0 aromatic carbocycles. The molecule has 0 saturated heterocycles. The molecule has 12 heavy (non-hydrogen) atoms. The van der Waals surface area contributed by atoms with Crippen LogP contribution < -0.4 is 5.73 Å². The zero-order chi connectivity index (χ0) is 9.14. The maximum Gasteiger partial charge on any atom is 0.330 e. The molecule has 1 atom stereocenters. The number of esters is 1. The minimum Gasteiger partial charge on any atom is -0.467 e. The van der Waals surface area contributed by atoms with E-state index in [2.05, 4.69) is 9.84 Å². The van der Waals surface area contributed by atoms with Crippen molar-refractivity contribution in [1.82, 2.24) is 9.78 Å². The van der Waals surface area contributed by atoms with Crippen molar-refractivity contribution in [3.63, 3.8) is 0 Å². The highest BCUT2D eigenvalue weighted by Crippen LogP contribution is 2.11. The lowest BCUT2D eigenvalue weighted by molar-refractivity contribution is -0.144. The monoisotopic (exact) mass is 169 g/mol. The number of hydrogen-bond acceptors (Lipinski definition) is 4. The van der Waals surface area contributed by atoms with Crippen LogP contribution in [0.5, 0.6) is 0 Å². The summed E-state index contributed by atoms with van der Waals surface area (Å²) in [6, 6.07) is 1.16. The second-order valence-corrected chi connectivity index (χ2v) is 2.40. The summed E-state index contributed by atoms with van der Waals surface area (Å²) in [6.07, 6.45) is 1.54. The van der Waals surface area contributed by atoms with Crippen molar-refractivity contribution in [3.05, 3.63) is 12.3 Å². The van der Waals surface area contributed by atoms with Crippen LogP contribution >= 0.6 is 0 Å². The van der Waals surface area contributed by atoms with E-state index >= 15 is 0 Å². The lowest BCUT2D eigenvalue weighted by atomic mass is 10.3. The summed E-state index contributed by atoms with van der Waals surface area (Å²) < 4.78 is 5.94. The Balaban J connectivity index is 2.84. The summed E-state index contributed by atoms with van der Waals surface area (Å²) >= 11 is 0. The molecule has 1 rings (SSSR count). The summed E-state index contributed by atoms with van der Waals surface area (Å²) in [7, 11) is 1.33. The summed E-state index contributed by atoms with van der Waals surface area (Å²) in [5, 5.41) is 3.88. The van der Waals surface area contributed by atoms with E-state index in [1.165, 1.54) is 18.0 Å². The third-order valence-electron chi connectivity index (χ3n) is 1.61. The average Bonchev–Trinajstić information content (AvgIpc) is 2.48. The van der Waals surface area contributed by atoms with Crippen LogP contribution in [-0.2, 0) is 9.53 Å². The zero-order valence-corrected chi connectivity index (χ0v) is 7.02. The highest BCUT2D eigenvalue weighted by Gasteiger charge is 2.16. The number of carbonyl (C=O) groups is 1. The van der Waals surface area contributed by atoms with E-state index in [4.69, 9.17) is 5.73 Å². The van der Waals surface area contributed by atoms with E-state index in [-0.39, 0.29) is 5.97 Å². The first kappa shape index (κ1) is 8.58. The van der Waals surface area contributed by atoms with Gasteiger partial charge in [-0.2, -0.15) is 5.10 Å². The Morgan fingerprint density at radius 2 is 2.50 bits per heavy atom. The Kier molecular flexibility index (Phi) is 2.32. The van der Waals surface area contributed by atoms with Crippen molar-refractivity contribution in [2.75, 3.05) is 12.8 Å². The number of nitrogen functional groups attached to an aromatic ring is 1. The van der Waals surface area contributed by atoms with Gasteiger partial charge in [0.1, 0.15) is 11.9 Å². The van der Waals surface area contributed by atoms with Gasteiger partial charge in [-0.3, -0.25) is 0 Å². The molecular weight excluding hydrogens is 158 g/mol. The van der Waals surface area contributed by atoms with Gasteiger partial charge in [0.15, 0.2) is 0 Å². The highest BCUT2D eigenvalue weighted by molar-refractivity contribution is 5.74. The maximum absolute atomic E-state index is 11.0. The number of ether oxygens (including phenoxy) is 1. The fourth-order valence-electron chi connectivity index (χ4n) is 0.919. The highest BCUT2D eigenvalue weighted by atomic mass is 16.5. The lowest BCUT2D eigenvalue weighted by Gasteiger charge is -2.10. The Morgan fingerprint density at radius 3 is 2.92 bits per heavy atom. The van der Waals surface area contributed by atoms with E-state index in [1.54, 1.807) is 13.0 Å². The molecule has 0 unspecified atom stereocenters. The fourth-order valence-corrected chi connectivity index (χ4v) is 0.919. The van der Waals surface area contributed by atoms with Gasteiger partial charge in [-0.25, -0.2) is 9.48 Å². The zero-order valence-electron chi connectivity index (χ0n) is 7.02. The van der Waals surface area contributed by atoms with E-state index in [0.717, 1.165) is 0 Å². The minimum absolute atomic E-state index is 0.356. The van der Waals surface area contributed by atoms with Crippen LogP contribution in [0.15, 0.2) is 12.3 Å². The Bertz CT molecular complexity index is 282. The van der Waals surface area contributed by atoms with E-state index < -0.39 is 6.04 Å². The van der Waals surface area contributed by atoms with Gasteiger partial charge >= 0.3 is 5.97 Å². The molecule has 2 N–H and O–H groups in total. The molecule has 0 aliphatic heterocycles. The normalized spacial score (nSPS) is 12.5. The molecule has 1 aromatic heterocycles. The predicted molar refractivity (Wildman–Crippen MR) is 43.4 cm³/mol. The van der Waals surface area contributed by atoms with Crippen LogP contribution in [0, 0.1) is 0 Å². The molecule has 1 heterocycles. The minimum atomic E-state index is -0.468. The van der Waals surface area contributed by atoms with Gasteiger partial charge in [0.25, 0.3) is 0 Å². The molecule has 0 bridgehead atoms. The Labute approximate surface area is 70.1 Å². The van der Waals surface area contributed by atoms with Crippen LogP contribution in [0.3, 0.4) is 0 Å². The summed E-state index contributed by atoms with van der Waals surface area (Å²) in [4.78, 5) is 11.0. The molecule has 0 fully saturated rings. The first-order valence-corrected chi connectivity index (χ1v) is 3.53. The summed E-state index contributed by atoms with van der Waals surface area (Å²) in [5.74, 6) is 0.0956. The number of nitrogens with zero attached hydrogens (tertiary/aromatic N) is 2. The first-order chi connectivity index (χ1) is 5.66. The van der Waals surface area contributed by atoms with Crippen molar-refractivity contribution in [2.45, 2.75) is 13.0 Å². The predicted octanol–water partition coefficient (Wildman–Crippen LogP) is 0.199. The molecule has 5 heteroatoms. The molecule has 66 valence electrons. The SMILES string of the molecule is COC(=O)[C@H](C)n1nccc1N. The Morgan fingerprint density at radius 1 is 1.83 bits per heavy atom. The van der Waals surface area contributed by atoms with Crippen molar-refractivity contribution in [1.29, 1.82) is 0 Å². The van der Waals surface area contributed by atoms with Crippen molar-refractivity contribution >= 4 is 11.8 Å². The molecule has 0 aliphatic carbocycles. The topological polar surface area (TPSA) is 70.1 Å². The van der Waals surface area contributed by atoms with Crippen LogP contribution in [-0.4, -0.2) is 22.9 Å². The molecule has 0 aliphatic rings. The van der Waals surface area contributed by atoms with Crippen LogP contribution in [0.4, 0.5) is 5.82 Å². The molecule has 1 aromatic rings. The van der Waals surface area contributed by atoms with E-state index in [9.17, 15) is 4.79 Å². The van der Waals surface area contributed by atoms with Gasteiger partial charge in [-0.1, -0.05) is 0 Å². The van der Waals surface area contributed by atoms with Gasteiger partial charge in [-0.15, -0.1) is 0 Å². The number of aromatic nitrogens is 2. The third-order valence-corrected chi connectivity index (χ3v) is 1.61. The number of rotatable bonds is 2. The number of hydrogen-bond donors (Lipinski definition) is 1. The van der Waals surface area contributed by atoms with Crippen molar-refractivity contribution in [2.24, 2.45) is 0 Å². The molecule has 0 spiro atoms. The Hall–Kier alpha value is -1.52. The van der Waals surface area contributed by atoms with Crippen LogP contribution in [0.25, 0.3) is 0 Å². The number of nitrogens with two attached hydrogens (primary N) is 1. The number of carbonyl (C=O) groups excluding carboxylic acids is 1.